The molecule has 0 spiro atoms. The van der Waals surface area contributed by atoms with E-state index in [1.807, 2.05) is 43.3 Å². The highest BCUT2D eigenvalue weighted by atomic mass is 16.5. The Kier molecular flexibility index (Phi) is 5.04. The van der Waals surface area contributed by atoms with Crippen molar-refractivity contribution in [2.45, 2.75) is 13.0 Å². The molecule has 0 atom stereocenters. The van der Waals surface area contributed by atoms with E-state index >= 15 is 0 Å². The zero-order valence-electron chi connectivity index (χ0n) is 17.2. The van der Waals surface area contributed by atoms with E-state index in [0.717, 1.165) is 29.7 Å². The maximum Gasteiger partial charge on any atom is 0.276 e. The van der Waals surface area contributed by atoms with E-state index in [1.165, 1.54) is 6.33 Å². The number of para-hydroxylation sites is 2. The van der Waals surface area contributed by atoms with Gasteiger partial charge in [0.05, 0.1) is 17.4 Å². The third-order valence-electron chi connectivity index (χ3n) is 5.21. The van der Waals surface area contributed by atoms with Crippen LogP contribution in [-0.4, -0.2) is 50.9 Å². The van der Waals surface area contributed by atoms with Gasteiger partial charge in [-0.1, -0.05) is 18.2 Å². The zero-order chi connectivity index (χ0) is 22.1. The molecule has 1 saturated heterocycles. The maximum atomic E-state index is 12.9. The number of aryl methyl sites for hydroxylation is 1. The number of H-pyrrole nitrogens is 2. The van der Waals surface area contributed by atoms with Crippen molar-refractivity contribution in [1.82, 2.24) is 25.3 Å². The van der Waals surface area contributed by atoms with Crippen molar-refractivity contribution in [1.29, 1.82) is 0 Å². The SMILES string of the molecule is Cc1ccc(OC2CNC2)cc1NC(=O)c1nc[nH]c1C(=O)Nc1nc2ccccc2[nH]1. The fraction of sp³-hybridized carbons (Fsp3) is 0.182. The van der Waals surface area contributed by atoms with Crippen LogP contribution in [0, 0.1) is 6.92 Å². The van der Waals surface area contributed by atoms with Gasteiger partial charge >= 0.3 is 0 Å². The van der Waals surface area contributed by atoms with Gasteiger partial charge in [0.1, 0.15) is 17.5 Å². The van der Waals surface area contributed by atoms with Crippen molar-refractivity contribution in [3.63, 3.8) is 0 Å². The summed E-state index contributed by atoms with van der Waals surface area (Å²) in [6.07, 6.45) is 1.43. The first kappa shape index (κ1) is 19.8. The number of carbonyl (C=O) groups excluding carboxylic acids is 2. The van der Waals surface area contributed by atoms with Crippen molar-refractivity contribution in [3.8, 4) is 5.75 Å². The summed E-state index contributed by atoms with van der Waals surface area (Å²) in [7, 11) is 0. The summed E-state index contributed by atoms with van der Waals surface area (Å²) >= 11 is 0. The van der Waals surface area contributed by atoms with Crippen LogP contribution in [0.5, 0.6) is 5.75 Å². The third-order valence-corrected chi connectivity index (χ3v) is 5.21. The summed E-state index contributed by atoms with van der Waals surface area (Å²) in [5, 5.41) is 8.64. The number of nitrogens with zero attached hydrogens (tertiary/aromatic N) is 2. The fourth-order valence-corrected chi connectivity index (χ4v) is 3.35. The lowest BCUT2D eigenvalue weighted by Gasteiger charge is -2.28. The van der Waals surface area contributed by atoms with Crippen LogP contribution in [0.25, 0.3) is 11.0 Å². The minimum absolute atomic E-state index is 0.0208. The topological polar surface area (TPSA) is 137 Å². The molecule has 32 heavy (non-hydrogen) atoms. The van der Waals surface area contributed by atoms with Crippen molar-refractivity contribution in [2.75, 3.05) is 23.7 Å². The van der Waals surface area contributed by atoms with Gasteiger partial charge in [-0.3, -0.25) is 14.9 Å². The molecule has 1 fully saturated rings. The lowest BCUT2D eigenvalue weighted by molar-refractivity contribution is 0.0985. The normalized spacial score (nSPS) is 13.5. The highest BCUT2D eigenvalue weighted by Gasteiger charge is 2.23. The summed E-state index contributed by atoms with van der Waals surface area (Å²) in [5.41, 5.74) is 2.98. The van der Waals surface area contributed by atoms with Gasteiger partial charge in [0.25, 0.3) is 11.8 Å². The summed E-state index contributed by atoms with van der Waals surface area (Å²) in [4.78, 5) is 39.8. The molecular formula is C22H21N7O3. The molecule has 4 aromatic rings. The van der Waals surface area contributed by atoms with Gasteiger partial charge < -0.3 is 25.3 Å². The summed E-state index contributed by atoms with van der Waals surface area (Å²) in [5.74, 6) is -0.0878. The number of amides is 2. The predicted molar refractivity (Wildman–Crippen MR) is 119 cm³/mol. The minimum Gasteiger partial charge on any atom is -0.488 e. The molecule has 3 heterocycles. The highest BCUT2D eigenvalue weighted by molar-refractivity contribution is 6.13. The third kappa shape index (κ3) is 3.91. The van der Waals surface area contributed by atoms with E-state index in [9.17, 15) is 9.59 Å². The number of aromatic nitrogens is 4. The van der Waals surface area contributed by atoms with Gasteiger partial charge in [0.15, 0.2) is 5.69 Å². The van der Waals surface area contributed by atoms with Crippen molar-refractivity contribution < 1.29 is 14.3 Å². The Morgan fingerprint density at radius 2 is 1.94 bits per heavy atom. The smallest absolute Gasteiger partial charge is 0.276 e. The standard InChI is InChI=1S/C22H21N7O3/c1-12-6-7-13(32-14-9-23-10-14)8-17(12)26-20(30)18-19(25-11-24-18)21(31)29-22-27-15-4-2-3-5-16(15)28-22/h2-8,11,14,23H,9-10H2,1H3,(H,24,25)(H,26,30)(H2,27,28,29,31). The Balaban J connectivity index is 1.32. The van der Waals surface area contributed by atoms with Crippen molar-refractivity contribution >= 4 is 34.5 Å². The largest absolute Gasteiger partial charge is 0.488 e. The summed E-state index contributed by atoms with van der Waals surface area (Å²) in [6.45, 7) is 3.48. The number of fused-ring (bicyclic) bond motifs is 1. The van der Waals surface area contributed by atoms with Crippen LogP contribution in [0.15, 0.2) is 48.8 Å². The number of hydrogen-bond donors (Lipinski definition) is 5. The van der Waals surface area contributed by atoms with E-state index in [1.54, 1.807) is 6.07 Å². The second-order valence-corrected chi connectivity index (χ2v) is 7.51. The molecular weight excluding hydrogens is 410 g/mol. The molecule has 0 unspecified atom stereocenters. The molecule has 10 heteroatoms. The number of anilines is 2. The number of ether oxygens (including phenoxy) is 1. The van der Waals surface area contributed by atoms with Crippen LogP contribution >= 0.6 is 0 Å². The Hall–Kier alpha value is -4.18. The van der Waals surface area contributed by atoms with Gasteiger partial charge in [-0.25, -0.2) is 9.97 Å². The molecule has 1 aliphatic heterocycles. The predicted octanol–water partition coefficient (Wildman–Crippen LogP) is 2.45. The van der Waals surface area contributed by atoms with Gasteiger partial charge in [-0.05, 0) is 30.7 Å². The number of benzene rings is 2. The number of carbonyl (C=O) groups is 2. The Bertz CT molecular complexity index is 1270. The van der Waals surface area contributed by atoms with E-state index in [2.05, 4.69) is 35.9 Å². The van der Waals surface area contributed by atoms with E-state index < -0.39 is 11.8 Å². The average molecular weight is 431 g/mol. The molecule has 0 radical (unpaired) electrons. The van der Waals surface area contributed by atoms with Crippen LogP contribution < -0.4 is 20.7 Å². The van der Waals surface area contributed by atoms with E-state index in [0.29, 0.717) is 11.4 Å². The quantitative estimate of drug-likeness (QED) is 0.318. The van der Waals surface area contributed by atoms with Gasteiger partial charge in [-0.15, -0.1) is 0 Å². The minimum atomic E-state index is -0.530. The second-order valence-electron chi connectivity index (χ2n) is 7.51. The molecule has 5 rings (SSSR count). The molecule has 10 nitrogen and oxygen atoms in total. The molecule has 0 aliphatic carbocycles. The van der Waals surface area contributed by atoms with Crippen molar-refractivity contribution in [2.24, 2.45) is 0 Å². The van der Waals surface area contributed by atoms with Gasteiger partial charge in [0.2, 0.25) is 5.95 Å². The first-order valence-corrected chi connectivity index (χ1v) is 10.2. The Labute approximate surface area is 182 Å². The molecule has 0 saturated carbocycles. The Morgan fingerprint density at radius 3 is 2.72 bits per heavy atom. The molecule has 2 amide bonds. The highest BCUT2D eigenvalue weighted by Crippen LogP contribution is 2.24. The molecule has 5 N–H and O–H groups in total. The van der Waals surface area contributed by atoms with Crippen molar-refractivity contribution in [3.05, 3.63) is 65.7 Å². The fourth-order valence-electron chi connectivity index (χ4n) is 3.35. The number of rotatable bonds is 6. The Morgan fingerprint density at radius 1 is 1.09 bits per heavy atom. The van der Waals surface area contributed by atoms with Gasteiger partial charge in [0, 0.05) is 24.8 Å². The van der Waals surface area contributed by atoms with Crippen LogP contribution in [0.1, 0.15) is 26.5 Å². The first-order valence-electron chi connectivity index (χ1n) is 10.2. The number of nitrogens with one attached hydrogen (secondary N) is 5. The number of hydrogen-bond acceptors (Lipinski definition) is 6. The van der Waals surface area contributed by atoms with Crippen LogP contribution in [-0.2, 0) is 0 Å². The lowest BCUT2D eigenvalue weighted by Crippen LogP contribution is -2.50. The monoisotopic (exact) mass is 431 g/mol. The first-order chi connectivity index (χ1) is 15.6. The summed E-state index contributed by atoms with van der Waals surface area (Å²) in [6, 6.07) is 12.9. The van der Waals surface area contributed by atoms with Crippen LogP contribution in [0.2, 0.25) is 0 Å². The maximum absolute atomic E-state index is 12.9. The molecule has 2 aromatic heterocycles. The van der Waals surface area contributed by atoms with E-state index in [4.69, 9.17) is 4.74 Å². The molecule has 162 valence electrons. The lowest BCUT2D eigenvalue weighted by atomic mass is 10.1. The number of imidazole rings is 2. The van der Waals surface area contributed by atoms with E-state index in [-0.39, 0.29) is 23.4 Å². The number of aromatic amines is 2. The summed E-state index contributed by atoms with van der Waals surface area (Å²) < 4.78 is 5.86. The second kappa shape index (κ2) is 8.16. The van der Waals surface area contributed by atoms with Crippen LogP contribution in [0.4, 0.5) is 11.6 Å². The average Bonchev–Trinajstić information content (AvgIpc) is 3.39. The molecule has 1 aliphatic rings. The zero-order valence-corrected chi connectivity index (χ0v) is 17.2. The van der Waals surface area contributed by atoms with Crippen LogP contribution in [0.3, 0.4) is 0 Å². The molecule has 2 aromatic carbocycles. The molecule has 0 bridgehead atoms. The van der Waals surface area contributed by atoms with Gasteiger partial charge in [-0.2, -0.15) is 0 Å².